The molecule has 0 amide bonds. The molecule has 2 heteroatoms. The SMILES string of the molecule is CCNCC(CCCCOC)c1ccc(C)cc1. The van der Waals surface area contributed by atoms with Gasteiger partial charge in [0.05, 0.1) is 0 Å². The molecule has 1 aromatic rings. The van der Waals surface area contributed by atoms with Crippen LogP contribution in [0.15, 0.2) is 24.3 Å². The lowest BCUT2D eigenvalue weighted by Gasteiger charge is -2.18. The molecule has 1 aromatic carbocycles. The minimum atomic E-state index is 0.627. The van der Waals surface area contributed by atoms with Gasteiger partial charge in [0.1, 0.15) is 0 Å². The van der Waals surface area contributed by atoms with E-state index in [0.717, 1.165) is 26.1 Å². The average Bonchev–Trinajstić information content (AvgIpc) is 2.39. The van der Waals surface area contributed by atoms with Crippen molar-refractivity contribution in [2.24, 2.45) is 0 Å². The van der Waals surface area contributed by atoms with Crippen LogP contribution in [0.4, 0.5) is 0 Å². The van der Waals surface area contributed by atoms with E-state index >= 15 is 0 Å². The molecule has 1 atom stereocenters. The van der Waals surface area contributed by atoms with Gasteiger partial charge in [0.15, 0.2) is 0 Å². The predicted molar refractivity (Wildman–Crippen MR) is 78.2 cm³/mol. The summed E-state index contributed by atoms with van der Waals surface area (Å²) >= 11 is 0. The Morgan fingerprint density at radius 1 is 1.17 bits per heavy atom. The van der Waals surface area contributed by atoms with Gasteiger partial charge < -0.3 is 10.1 Å². The lowest BCUT2D eigenvalue weighted by molar-refractivity contribution is 0.191. The Kier molecular flexibility index (Phi) is 7.70. The van der Waals surface area contributed by atoms with E-state index in [-0.39, 0.29) is 0 Å². The van der Waals surface area contributed by atoms with Gasteiger partial charge in [-0.05, 0) is 37.8 Å². The van der Waals surface area contributed by atoms with Crippen molar-refractivity contribution in [3.63, 3.8) is 0 Å². The van der Waals surface area contributed by atoms with E-state index < -0.39 is 0 Å². The van der Waals surface area contributed by atoms with Crippen LogP contribution >= 0.6 is 0 Å². The first kappa shape index (κ1) is 15.2. The van der Waals surface area contributed by atoms with Crippen LogP contribution in [0.2, 0.25) is 0 Å². The standard InChI is InChI=1S/C16H27NO/c1-4-17-13-16(7-5-6-12-18-3)15-10-8-14(2)9-11-15/h8-11,16-17H,4-7,12-13H2,1-3H3. The summed E-state index contributed by atoms with van der Waals surface area (Å²) in [6.07, 6.45) is 3.63. The largest absolute Gasteiger partial charge is 0.385 e. The lowest BCUT2D eigenvalue weighted by atomic mass is 9.93. The fraction of sp³-hybridized carbons (Fsp3) is 0.625. The van der Waals surface area contributed by atoms with E-state index in [1.165, 1.54) is 24.0 Å². The molecular formula is C16H27NO. The Bertz CT molecular complexity index is 307. The Balaban J connectivity index is 2.51. The number of aryl methyl sites for hydroxylation is 1. The summed E-state index contributed by atoms with van der Waals surface area (Å²) in [6.45, 7) is 7.30. The molecule has 1 N–H and O–H groups in total. The molecular weight excluding hydrogens is 222 g/mol. The minimum absolute atomic E-state index is 0.627. The molecule has 0 aliphatic carbocycles. The normalized spacial score (nSPS) is 12.6. The Labute approximate surface area is 112 Å². The molecule has 0 saturated heterocycles. The number of hydrogen-bond donors (Lipinski definition) is 1. The van der Waals surface area contributed by atoms with Crippen LogP contribution in [0, 0.1) is 6.92 Å². The van der Waals surface area contributed by atoms with Crippen molar-refractivity contribution in [2.75, 3.05) is 26.8 Å². The fourth-order valence-electron chi connectivity index (χ4n) is 2.18. The highest BCUT2D eigenvalue weighted by molar-refractivity contribution is 5.24. The van der Waals surface area contributed by atoms with Crippen molar-refractivity contribution in [3.05, 3.63) is 35.4 Å². The highest BCUT2D eigenvalue weighted by Gasteiger charge is 2.10. The molecule has 102 valence electrons. The van der Waals surface area contributed by atoms with E-state index in [9.17, 15) is 0 Å². The zero-order valence-electron chi connectivity index (χ0n) is 12.0. The quantitative estimate of drug-likeness (QED) is 0.676. The number of ether oxygens (including phenoxy) is 1. The van der Waals surface area contributed by atoms with Gasteiger partial charge in [-0.15, -0.1) is 0 Å². The Hall–Kier alpha value is -0.860. The summed E-state index contributed by atoms with van der Waals surface area (Å²) in [6, 6.07) is 8.97. The second kappa shape index (κ2) is 9.12. The maximum atomic E-state index is 5.11. The van der Waals surface area contributed by atoms with Gasteiger partial charge in [-0.1, -0.05) is 43.2 Å². The first-order valence-electron chi connectivity index (χ1n) is 7.04. The number of methoxy groups -OCH3 is 1. The Morgan fingerprint density at radius 3 is 2.50 bits per heavy atom. The maximum Gasteiger partial charge on any atom is 0.0462 e. The molecule has 2 nitrogen and oxygen atoms in total. The van der Waals surface area contributed by atoms with Gasteiger partial charge in [-0.3, -0.25) is 0 Å². The second-order valence-corrected chi connectivity index (χ2v) is 4.90. The van der Waals surface area contributed by atoms with Crippen LogP contribution in [0.1, 0.15) is 43.2 Å². The van der Waals surface area contributed by atoms with Crippen LogP contribution in [-0.2, 0) is 4.74 Å². The first-order valence-corrected chi connectivity index (χ1v) is 7.04. The summed E-state index contributed by atoms with van der Waals surface area (Å²) in [5, 5.41) is 3.47. The summed E-state index contributed by atoms with van der Waals surface area (Å²) in [5.74, 6) is 0.627. The van der Waals surface area contributed by atoms with E-state index in [1.54, 1.807) is 7.11 Å². The molecule has 0 aliphatic heterocycles. The number of rotatable bonds is 9. The zero-order chi connectivity index (χ0) is 13.2. The van der Waals surface area contributed by atoms with Crippen LogP contribution in [0.25, 0.3) is 0 Å². The van der Waals surface area contributed by atoms with Crippen LogP contribution < -0.4 is 5.32 Å². The third-order valence-corrected chi connectivity index (χ3v) is 3.34. The predicted octanol–water partition coefficient (Wildman–Crippen LogP) is 3.50. The van der Waals surface area contributed by atoms with Gasteiger partial charge in [-0.25, -0.2) is 0 Å². The van der Waals surface area contributed by atoms with Crippen molar-refractivity contribution in [2.45, 2.75) is 39.0 Å². The van der Waals surface area contributed by atoms with E-state index in [0.29, 0.717) is 5.92 Å². The van der Waals surface area contributed by atoms with Crippen LogP contribution in [-0.4, -0.2) is 26.8 Å². The monoisotopic (exact) mass is 249 g/mol. The van der Waals surface area contributed by atoms with E-state index in [4.69, 9.17) is 4.74 Å². The van der Waals surface area contributed by atoms with Crippen LogP contribution in [0.3, 0.4) is 0 Å². The molecule has 0 heterocycles. The van der Waals surface area contributed by atoms with Crippen molar-refractivity contribution in [1.29, 1.82) is 0 Å². The van der Waals surface area contributed by atoms with Gasteiger partial charge in [0.25, 0.3) is 0 Å². The number of unbranched alkanes of at least 4 members (excludes halogenated alkanes) is 1. The first-order chi connectivity index (χ1) is 8.77. The van der Waals surface area contributed by atoms with Gasteiger partial charge in [-0.2, -0.15) is 0 Å². The van der Waals surface area contributed by atoms with Gasteiger partial charge in [0.2, 0.25) is 0 Å². The molecule has 0 aromatic heterocycles. The number of likely N-dealkylation sites (N-methyl/N-ethyl adjacent to an activating group) is 1. The third kappa shape index (κ3) is 5.65. The molecule has 1 rings (SSSR count). The third-order valence-electron chi connectivity index (χ3n) is 3.34. The molecule has 0 fully saturated rings. The topological polar surface area (TPSA) is 21.3 Å². The number of hydrogen-bond acceptors (Lipinski definition) is 2. The summed E-state index contributed by atoms with van der Waals surface area (Å²) in [7, 11) is 1.77. The molecule has 0 aliphatic rings. The van der Waals surface area contributed by atoms with E-state index in [2.05, 4.69) is 43.4 Å². The smallest absolute Gasteiger partial charge is 0.0462 e. The van der Waals surface area contributed by atoms with Crippen molar-refractivity contribution < 1.29 is 4.74 Å². The zero-order valence-corrected chi connectivity index (χ0v) is 12.0. The van der Waals surface area contributed by atoms with Crippen LogP contribution in [0.5, 0.6) is 0 Å². The van der Waals surface area contributed by atoms with E-state index in [1.807, 2.05) is 0 Å². The fourth-order valence-corrected chi connectivity index (χ4v) is 2.18. The second-order valence-electron chi connectivity index (χ2n) is 4.90. The molecule has 18 heavy (non-hydrogen) atoms. The molecule has 0 bridgehead atoms. The molecule has 0 radical (unpaired) electrons. The van der Waals surface area contributed by atoms with Gasteiger partial charge in [0, 0.05) is 20.3 Å². The van der Waals surface area contributed by atoms with Crippen molar-refractivity contribution in [3.8, 4) is 0 Å². The summed E-state index contributed by atoms with van der Waals surface area (Å²) in [5.41, 5.74) is 2.79. The van der Waals surface area contributed by atoms with Crippen molar-refractivity contribution >= 4 is 0 Å². The highest BCUT2D eigenvalue weighted by Crippen LogP contribution is 2.22. The average molecular weight is 249 g/mol. The summed E-state index contributed by atoms with van der Waals surface area (Å²) in [4.78, 5) is 0. The maximum absolute atomic E-state index is 5.11. The molecule has 0 spiro atoms. The number of benzene rings is 1. The highest BCUT2D eigenvalue weighted by atomic mass is 16.5. The number of nitrogens with one attached hydrogen (secondary N) is 1. The Morgan fingerprint density at radius 2 is 1.89 bits per heavy atom. The van der Waals surface area contributed by atoms with Gasteiger partial charge >= 0.3 is 0 Å². The minimum Gasteiger partial charge on any atom is -0.385 e. The summed E-state index contributed by atoms with van der Waals surface area (Å²) < 4.78 is 5.11. The molecule has 1 unspecified atom stereocenters. The lowest BCUT2D eigenvalue weighted by Crippen LogP contribution is -2.21. The molecule has 0 saturated carbocycles. The van der Waals surface area contributed by atoms with Crippen molar-refractivity contribution in [1.82, 2.24) is 5.32 Å².